The molecule has 0 radical (unpaired) electrons. The van der Waals surface area contributed by atoms with E-state index in [1.807, 2.05) is 19.2 Å². The van der Waals surface area contributed by atoms with Crippen LogP contribution in [0.5, 0.6) is 0 Å². The third kappa shape index (κ3) is 3.99. The molecule has 0 spiro atoms. The van der Waals surface area contributed by atoms with Crippen molar-refractivity contribution in [1.29, 1.82) is 0 Å². The highest BCUT2D eigenvalue weighted by Gasteiger charge is 2.29. The van der Waals surface area contributed by atoms with Crippen LogP contribution in [0.4, 0.5) is 4.39 Å². The van der Waals surface area contributed by atoms with Gasteiger partial charge >= 0.3 is 5.97 Å². The van der Waals surface area contributed by atoms with Crippen LogP contribution >= 0.6 is 0 Å². The molecule has 2 heterocycles. The number of fused-ring (bicyclic) bond motifs is 2. The van der Waals surface area contributed by atoms with E-state index in [0.29, 0.717) is 17.4 Å². The van der Waals surface area contributed by atoms with Crippen LogP contribution in [0.2, 0.25) is 0 Å². The second-order valence-corrected chi connectivity index (χ2v) is 9.26. The number of benzene rings is 2. The molecule has 0 amide bonds. The average molecular weight is 446 g/mol. The lowest BCUT2D eigenvalue weighted by Crippen LogP contribution is -2.19. The number of halogens is 1. The predicted octanol–water partition coefficient (Wildman–Crippen LogP) is 6.42. The zero-order chi connectivity index (χ0) is 23.1. The minimum atomic E-state index is -0.348. The van der Waals surface area contributed by atoms with Crippen LogP contribution in [0.25, 0.3) is 21.9 Å². The lowest BCUT2D eigenvalue weighted by molar-refractivity contribution is 0.0601. The van der Waals surface area contributed by atoms with Crippen molar-refractivity contribution in [2.75, 3.05) is 7.11 Å². The number of hydrogen-bond acceptors (Lipinski definition) is 4. The van der Waals surface area contributed by atoms with Crippen molar-refractivity contribution in [1.82, 2.24) is 15.0 Å². The van der Waals surface area contributed by atoms with Crippen LogP contribution in [-0.4, -0.2) is 28.0 Å². The van der Waals surface area contributed by atoms with Gasteiger partial charge in [-0.1, -0.05) is 6.92 Å². The Balaban J connectivity index is 1.34. The number of aromatic amines is 1. The van der Waals surface area contributed by atoms with Crippen LogP contribution in [0.1, 0.15) is 71.8 Å². The van der Waals surface area contributed by atoms with E-state index in [1.54, 1.807) is 18.2 Å². The molecule has 5 nitrogen and oxygen atoms in total. The van der Waals surface area contributed by atoms with Gasteiger partial charge in [0, 0.05) is 17.5 Å². The van der Waals surface area contributed by atoms with Crippen LogP contribution < -0.4 is 0 Å². The maximum absolute atomic E-state index is 13.9. The Morgan fingerprint density at radius 3 is 2.67 bits per heavy atom. The number of esters is 1. The standard InChI is InChI=1S/C27H28FN3O2/c1-15-12-19(27(32)33-3)13-24-25(15)31-26(30-24)16(2)17-4-6-18(7-5-17)21-10-11-29-23-9-8-20(28)14-22(21)23/h8-14,16-18H,4-7H2,1-3H3,(H,30,31)/t16?,17-,18+. The van der Waals surface area contributed by atoms with E-state index >= 15 is 0 Å². The molecule has 1 aliphatic rings. The van der Waals surface area contributed by atoms with Crippen molar-refractivity contribution < 1.29 is 13.9 Å². The summed E-state index contributed by atoms with van der Waals surface area (Å²) >= 11 is 0. The van der Waals surface area contributed by atoms with Gasteiger partial charge in [-0.15, -0.1) is 0 Å². The summed E-state index contributed by atoms with van der Waals surface area (Å²) in [6.45, 7) is 4.21. The number of imidazole rings is 1. The van der Waals surface area contributed by atoms with Crippen molar-refractivity contribution in [3.05, 3.63) is 70.9 Å². The van der Waals surface area contributed by atoms with Gasteiger partial charge in [0.2, 0.25) is 0 Å². The van der Waals surface area contributed by atoms with Crippen molar-refractivity contribution >= 4 is 27.9 Å². The first-order valence-corrected chi connectivity index (χ1v) is 11.6. The summed E-state index contributed by atoms with van der Waals surface area (Å²) in [4.78, 5) is 24.7. The van der Waals surface area contributed by atoms with E-state index in [-0.39, 0.29) is 17.7 Å². The molecule has 33 heavy (non-hydrogen) atoms. The minimum Gasteiger partial charge on any atom is -0.465 e. The molecule has 0 bridgehead atoms. The smallest absolute Gasteiger partial charge is 0.337 e. The predicted molar refractivity (Wildman–Crippen MR) is 127 cm³/mol. The number of H-pyrrole nitrogens is 1. The van der Waals surface area contributed by atoms with Crippen molar-refractivity contribution in [2.24, 2.45) is 5.92 Å². The van der Waals surface area contributed by atoms with E-state index in [0.717, 1.165) is 59.0 Å². The number of hydrogen-bond donors (Lipinski definition) is 1. The fourth-order valence-corrected chi connectivity index (χ4v) is 5.41. The van der Waals surface area contributed by atoms with Crippen LogP contribution in [0.15, 0.2) is 42.6 Å². The number of carbonyl (C=O) groups excluding carboxylic acids is 1. The maximum atomic E-state index is 13.9. The Hall–Kier alpha value is -3.28. The number of carbonyl (C=O) groups is 1. The number of rotatable bonds is 4. The van der Waals surface area contributed by atoms with E-state index in [1.165, 1.54) is 18.7 Å². The maximum Gasteiger partial charge on any atom is 0.337 e. The van der Waals surface area contributed by atoms with Gasteiger partial charge < -0.3 is 9.72 Å². The monoisotopic (exact) mass is 445 g/mol. The fourth-order valence-electron chi connectivity index (χ4n) is 5.41. The van der Waals surface area contributed by atoms with Gasteiger partial charge in [-0.3, -0.25) is 4.98 Å². The molecule has 0 aliphatic heterocycles. The van der Waals surface area contributed by atoms with Crippen molar-refractivity contribution in [2.45, 2.75) is 51.4 Å². The second-order valence-electron chi connectivity index (χ2n) is 9.26. The van der Waals surface area contributed by atoms with E-state index in [4.69, 9.17) is 9.72 Å². The number of nitrogens with one attached hydrogen (secondary N) is 1. The molecule has 2 aromatic carbocycles. The number of aryl methyl sites for hydroxylation is 1. The van der Waals surface area contributed by atoms with Gasteiger partial charge in [0.05, 0.1) is 29.2 Å². The molecule has 1 aliphatic carbocycles. The molecular weight excluding hydrogens is 417 g/mol. The third-order valence-corrected chi connectivity index (χ3v) is 7.32. The first kappa shape index (κ1) is 21.6. The van der Waals surface area contributed by atoms with Gasteiger partial charge in [0.25, 0.3) is 0 Å². The Morgan fingerprint density at radius 2 is 1.91 bits per heavy atom. The zero-order valence-electron chi connectivity index (χ0n) is 19.2. The van der Waals surface area contributed by atoms with Crippen LogP contribution in [0.3, 0.4) is 0 Å². The molecule has 1 atom stereocenters. The summed E-state index contributed by atoms with van der Waals surface area (Å²) in [6, 6.07) is 10.5. The van der Waals surface area contributed by atoms with Crippen LogP contribution in [-0.2, 0) is 4.74 Å². The third-order valence-electron chi connectivity index (χ3n) is 7.32. The largest absolute Gasteiger partial charge is 0.465 e. The molecular formula is C27H28FN3O2. The highest BCUT2D eigenvalue weighted by molar-refractivity contribution is 5.94. The summed E-state index contributed by atoms with van der Waals surface area (Å²) < 4.78 is 18.7. The summed E-state index contributed by atoms with van der Waals surface area (Å²) in [5, 5.41) is 0.933. The number of ether oxygens (including phenoxy) is 1. The zero-order valence-corrected chi connectivity index (χ0v) is 19.2. The van der Waals surface area contributed by atoms with E-state index in [9.17, 15) is 9.18 Å². The number of methoxy groups -OCH3 is 1. The van der Waals surface area contributed by atoms with Gasteiger partial charge in [-0.25, -0.2) is 14.2 Å². The van der Waals surface area contributed by atoms with Gasteiger partial charge in [0.1, 0.15) is 11.6 Å². The number of nitrogens with zero attached hydrogens (tertiary/aromatic N) is 2. The fraction of sp³-hybridized carbons (Fsp3) is 0.370. The Kier molecular flexibility index (Phi) is 5.60. The Labute approximate surface area is 192 Å². The molecule has 2 aromatic heterocycles. The van der Waals surface area contributed by atoms with Crippen molar-refractivity contribution in [3.63, 3.8) is 0 Å². The number of pyridine rings is 1. The molecule has 1 N–H and O–H groups in total. The minimum absolute atomic E-state index is 0.213. The second kappa shape index (κ2) is 8.58. The highest BCUT2D eigenvalue weighted by Crippen LogP contribution is 2.43. The lowest BCUT2D eigenvalue weighted by atomic mass is 9.73. The SMILES string of the molecule is COC(=O)c1cc(C)c2[nH]c(C(C)[C@H]3CC[C@@H](c4ccnc5ccc(F)cc54)CC3)nc2c1. The van der Waals surface area contributed by atoms with Crippen LogP contribution in [0, 0.1) is 18.7 Å². The van der Waals surface area contributed by atoms with Crippen molar-refractivity contribution in [3.8, 4) is 0 Å². The molecule has 5 rings (SSSR count). The summed E-state index contributed by atoms with van der Waals surface area (Å²) in [5.74, 6) is 1.63. The molecule has 0 saturated heterocycles. The Bertz CT molecular complexity index is 1340. The molecule has 1 fully saturated rings. The van der Waals surface area contributed by atoms with Gasteiger partial charge in [-0.2, -0.15) is 0 Å². The normalized spacial score (nSPS) is 19.6. The summed E-state index contributed by atoms with van der Waals surface area (Å²) in [6.07, 6.45) is 6.15. The topological polar surface area (TPSA) is 67.9 Å². The average Bonchev–Trinajstić information content (AvgIpc) is 3.28. The van der Waals surface area contributed by atoms with Gasteiger partial charge in [-0.05, 0) is 92.0 Å². The first-order valence-electron chi connectivity index (χ1n) is 11.6. The molecule has 1 saturated carbocycles. The highest BCUT2D eigenvalue weighted by atomic mass is 19.1. The molecule has 1 unspecified atom stereocenters. The van der Waals surface area contributed by atoms with E-state index in [2.05, 4.69) is 23.0 Å². The molecule has 4 aromatic rings. The molecule has 170 valence electrons. The summed E-state index contributed by atoms with van der Waals surface area (Å²) in [5.41, 5.74) is 5.35. The van der Waals surface area contributed by atoms with E-state index < -0.39 is 0 Å². The quantitative estimate of drug-likeness (QED) is 0.368. The number of aromatic nitrogens is 3. The first-order chi connectivity index (χ1) is 15.9. The summed E-state index contributed by atoms with van der Waals surface area (Å²) in [7, 11) is 1.39. The molecule has 6 heteroatoms. The lowest BCUT2D eigenvalue weighted by Gasteiger charge is -2.32. The van der Waals surface area contributed by atoms with Gasteiger partial charge in [0.15, 0.2) is 0 Å². The Morgan fingerprint density at radius 1 is 1.12 bits per heavy atom.